The Labute approximate surface area is 135 Å². The quantitative estimate of drug-likeness (QED) is 0.512. The fourth-order valence-corrected chi connectivity index (χ4v) is 3.11. The molecule has 0 radical (unpaired) electrons. The maximum atomic E-state index is 12.4. The molecule has 1 rings (SSSR count). The van der Waals surface area contributed by atoms with Gasteiger partial charge in [-0.2, -0.15) is 0 Å². The first kappa shape index (κ1) is 19.1. The molecule has 9 heteroatoms. The molecule has 0 bridgehead atoms. The lowest BCUT2D eigenvalue weighted by Crippen LogP contribution is -2.27. The van der Waals surface area contributed by atoms with E-state index in [1.807, 2.05) is 0 Å². The second-order valence-corrected chi connectivity index (χ2v) is 6.32. The molecule has 23 heavy (non-hydrogen) atoms. The summed E-state index contributed by atoms with van der Waals surface area (Å²) in [5, 5.41) is 0. The minimum Gasteiger partial charge on any atom is -0.465 e. The third-order valence-corrected chi connectivity index (χ3v) is 4.52. The largest absolute Gasteiger partial charge is 0.465 e. The van der Waals surface area contributed by atoms with E-state index < -0.39 is 22.0 Å². The maximum absolute atomic E-state index is 12.4. The lowest BCUT2D eigenvalue weighted by atomic mass is 10.1. The predicted octanol–water partition coefficient (Wildman–Crippen LogP) is 0.277. The number of carbonyl (C=O) groups excluding carboxylic acids is 2. The zero-order valence-electron chi connectivity index (χ0n) is 13.0. The maximum Gasteiger partial charge on any atom is 0.339 e. The first-order valence-corrected chi connectivity index (χ1v) is 8.36. The third kappa shape index (κ3) is 5.02. The fourth-order valence-electron chi connectivity index (χ4n) is 1.82. The van der Waals surface area contributed by atoms with Gasteiger partial charge in [0.1, 0.15) is 0 Å². The van der Waals surface area contributed by atoms with Crippen LogP contribution in [-0.2, 0) is 19.5 Å². The Morgan fingerprint density at radius 1 is 1.13 bits per heavy atom. The molecule has 1 aromatic rings. The van der Waals surface area contributed by atoms with E-state index in [2.05, 4.69) is 14.2 Å². The van der Waals surface area contributed by atoms with Gasteiger partial charge in [0.2, 0.25) is 10.0 Å². The molecule has 0 amide bonds. The summed E-state index contributed by atoms with van der Waals surface area (Å²) in [6, 6.07) is 3.60. The van der Waals surface area contributed by atoms with E-state index in [0.29, 0.717) is 19.4 Å². The summed E-state index contributed by atoms with van der Waals surface area (Å²) in [6.45, 7) is 0.621. The van der Waals surface area contributed by atoms with Crippen LogP contribution in [0.15, 0.2) is 23.1 Å². The van der Waals surface area contributed by atoms with Gasteiger partial charge in [0.05, 0.1) is 30.2 Å². The fraction of sp³-hybridized carbons (Fsp3) is 0.429. The molecule has 0 aliphatic carbocycles. The standard InChI is InChI=1S/C14H20N2O6S/c1-21-13(17)10-5-6-11(14(18)22-2)12(9-10)23(19,20)16-8-4-3-7-15/h5-6,9,16H,3-4,7-8,15H2,1-2H3. The van der Waals surface area contributed by atoms with Crippen molar-refractivity contribution < 1.29 is 27.5 Å². The van der Waals surface area contributed by atoms with Crippen LogP contribution in [0.2, 0.25) is 0 Å². The van der Waals surface area contributed by atoms with Gasteiger partial charge in [0, 0.05) is 6.54 Å². The van der Waals surface area contributed by atoms with Crippen molar-refractivity contribution >= 4 is 22.0 Å². The average molecular weight is 344 g/mol. The Kier molecular flexibility index (Phi) is 7.14. The predicted molar refractivity (Wildman–Crippen MR) is 82.6 cm³/mol. The smallest absolute Gasteiger partial charge is 0.339 e. The molecule has 3 N–H and O–H groups in total. The monoisotopic (exact) mass is 344 g/mol. The summed E-state index contributed by atoms with van der Waals surface area (Å²) >= 11 is 0. The summed E-state index contributed by atoms with van der Waals surface area (Å²) in [5.41, 5.74) is 5.21. The van der Waals surface area contributed by atoms with Gasteiger partial charge in [-0.25, -0.2) is 22.7 Å². The highest BCUT2D eigenvalue weighted by Gasteiger charge is 2.24. The molecule has 128 valence electrons. The number of hydrogen-bond donors (Lipinski definition) is 2. The molecule has 1 aromatic carbocycles. The Bertz CT molecular complexity index is 672. The SMILES string of the molecule is COC(=O)c1ccc(C(=O)OC)c(S(=O)(=O)NCCCCN)c1. The van der Waals surface area contributed by atoms with Crippen molar-refractivity contribution in [3.05, 3.63) is 29.3 Å². The van der Waals surface area contributed by atoms with Gasteiger partial charge in [-0.05, 0) is 37.6 Å². The first-order chi connectivity index (χ1) is 10.9. The zero-order valence-corrected chi connectivity index (χ0v) is 13.8. The van der Waals surface area contributed by atoms with E-state index in [1.54, 1.807) is 0 Å². The molecule has 0 aliphatic heterocycles. The van der Waals surface area contributed by atoms with Gasteiger partial charge in [0.15, 0.2) is 0 Å². The summed E-state index contributed by atoms with van der Waals surface area (Å²) < 4.78 is 36.3. The highest BCUT2D eigenvalue weighted by molar-refractivity contribution is 7.89. The summed E-state index contributed by atoms with van der Waals surface area (Å²) in [7, 11) is -1.67. The van der Waals surface area contributed by atoms with Crippen LogP contribution in [0.25, 0.3) is 0 Å². The normalized spacial score (nSPS) is 11.1. The topological polar surface area (TPSA) is 125 Å². The Hall–Kier alpha value is -1.97. The van der Waals surface area contributed by atoms with Crippen LogP contribution in [0, 0.1) is 0 Å². The lowest BCUT2D eigenvalue weighted by molar-refractivity contribution is 0.0583. The Balaban J connectivity index is 3.22. The second-order valence-electron chi connectivity index (χ2n) is 4.59. The van der Waals surface area contributed by atoms with Crippen LogP contribution >= 0.6 is 0 Å². The van der Waals surface area contributed by atoms with E-state index in [9.17, 15) is 18.0 Å². The number of esters is 2. The van der Waals surface area contributed by atoms with Crippen LogP contribution in [0.5, 0.6) is 0 Å². The number of nitrogens with one attached hydrogen (secondary N) is 1. The molecule has 8 nitrogen and oxygen atoms in total. The van der Waals surface area contributed by atoms with Gasteiger partial charge < -0.3 is 15.2 Å². The van der Waals surface area contributed by atoms with Gasteiger partial charge in [-0.3, -0.25) is 0 Å². The number of carbonyl (C=O) groups is 2. The third-order valence-electron chi connectivity index (χ3n) is 3.02. The van der Waals surface area contributed by atoms with E-state index >= 15 is 0 Å². The van der Waals surface area contributed by atoms with Crippen LogP contribution in [-0.4, -0.2) is 47.7 Å². The molecule has 0 aliphatic rings. The Morgan fingerprint density at radius 2 is 1.78 bits per heavy atom. The number of methoxy groups -OCH3 is 2. The molecular formula is C14H20N2O6S. The minimum atomic E-state index is -3.99. The Morgan fingerprint density at radius 3 is 2.35 bits per heavy atom. The van der Waals surface area contributed by atoms with Gasteiger partial charge in [0.25, 0.3) is 0 Å². The zero-order chi connectivity index (χ0) is 17.5. The molecule has 0 aromatic heterocycles. The number of unbranched alkanes of at least 4 members (excludes halogenated alkanes) is 1. The van der Waals surface area contributed by atoms with Crippen molar-refractivity contribution in [2.75, 3.05) is 27.3 Å². The van der Waals surface area contributed by atoms with Crippen molar-refractivity contribution in [3.8, 4) is 0 Å². The van der Waals surface area contributed by atoms with Crippen LogP contribution in [0.1, 0.15) is 33.6 Å². The van der Waals surface area contributed by atoms with Crippen molar-refractivity contribution in [1.29, 1.82) is 0 Å². The van der Waals surface area contributed by atoms with Crippen molar-refractivity contribution in [2.24, 2.45) is 5.73 Å². The number of nitrogens with two attached hydrogens (primary N) is 1. The summed E-state index contributed by atoms with van der Waals surface area (Å²) in [4.78, 5) is 23.0. The number of sulfonamides is 1. The van der Waals surface area contributed by atoms with Gasteiger partial charge in [-0.1, -0.05) is 0 Å². The number of hydrogen-bond acceptors (Lipinski definition) is 7. The van der Waals surface area contributed by atoms with Gasteiger partial charge in [-0.15, -0.1) is 0 Å². The van der Waals surface area contributed by atoms with E-state index in [0.717, 1.165) is 13.2 Å². The summed E-state index contributed by atoms with van der Waals surface area (Å²) in [5.74, 6) is -1.52. The molecule has 0 saturated heterocycles. The lowest BCUT2D eigenvalue weighted by Gasteiger charge is -2.11. The number of benzene rings is 1. The van der Waals surface area contributed by atoms with Crippen LogP contribution in [0.4, 0.5) is 0 Å². The molecule has 0 fully saturated rings. The summed E-state index contributed by atoms with van der Waals surface area (Å²) in [6.07, 6.45) is 1.22. The van der Waals surface area contributed by atoms with Crippen molar-refractivity contribution in [1.82, 2.24) is 4.72 Å². The second kappa shape index (κ2) is 8.61. The van der Waals surface area contributed by atoms with Gasteiger partial charge >= 0.3 is 11.9 Å². The van der Waals surface area contributed by atoms with E-state index in [1.165, 1.54) is 19.2 Å². The highest BCUT2D eigenvalue weighted by atomic mass is 32.2. The van der Waals surface area contributed by atoms with Crippen molar-refractivity contribution in [3.63, 3.8) is 0 Å². The average Bonchev–Trinajstić information content (AvgIpc) is 2.56. The highest BCUT2D eigenvalue weighted by Crippen LogP contribution is 2.19. The molecule has 0 heterocycles. The van der Waals surface area contributed by atoms with Crippen LogP contribution in [0.3, 0.4) is 0 Å². The minimum absolute atomic E-state index is 0.0162. The first-order valence-electron chi connectivity index (χ1n) is 6.87. The molecule has 0 spiro atoms. The van der Waals surface area contributed by atoms with Crippen LogP contribution < -0.4 is 10.5 Å². The van der Waals surface area contributed by atoms with E-state index in [4.69, 9.17) is 5.73 Å². The number of ether oxygens (including phenoxy) is 2. The molecular weight excluding hydrogens is 324 g/mol. The number of rotatable bonds is 8. The molecule has 0 unspecified atom stereocenters. The van der Waals surface area contributed by atoms with E-state index in [-0.39, 0.29) is 22.6 Å². The molecule has 0 saturated carbocycles. The van der Waals surface area contributed by atoms with Crippen molar-refractivity contribution in [2.45, 2.75) is 17.7 Å². The molecule has 0 atom stereocenters.